The van der Waals surface area contributed by atoms with Gasteiger partial charge >= 0.3 is 0 Å². The molecule has 1 amide bonds. The van der Waals surface area contributed by atoms with Gasteiger partial charge < -0.3 is 10.5 Å². The molecule has 10 heteroatoms. The van der Waals surface area contributed by atoms with E-state index in [-0.39, 0.29) is 17.9 Å². The van der Waals surface area contributed by atoms with Crippen molar-refractivity contribution < 1.29 is 14.5 Å². The van der Waals surface area contributed by atoms with Crippen molar-refractivity contribution >= 4 is 39.2 Å². The molecule has 0 radical (unpaired) electrons. The SMILES string of the molecule is NC(=O)COc1ccc2nc3c4ccccc4c(=O)n(-c4ccc([N+](=O)[O-])cc4)c3n2c1. The number of pyridine rings is 2. The van der Waals surface area contributed by atoms with Crippen molar-refractivity contribution in [3.63, 3.8) is 0 Å². The van der Waals surface area contributed by atoms with Crippen molar-refractivity contribution in [3.05, 3.63) is 87.3 Å². The van der Waals surface area contributed by atoms with Gasteiger partial charge in [-0.25, -0.2) is 4.98 Å². The first-order chi connectivity index (χ1) is 15.4. The van der Waals surface area contributed by atoms with Gasteiger partial charge in [0.2, 0.25) is 0 Å². The highest BCUT2D eigenvalue weighted by Gasteiger charge is 2.18. The molecule has 10 nitrogen and oxygen atoms in total. The number of benzene rings is 2. The van der Waals surface area contributed by atoms with Crippen LogP contribution in [0.1, 0.15) is 0 Å². The standard InChI is InChI=1S/C22H15N5O5/c23-18(28)12-32-15-9-10-19-24-20-16-3-1-2-4-17(16)22(29)26(21(20)25(19)11-15)13-5-7-14(8-6-13)27(30)31/h1-11H,12H2,(H2,23,28). The van der Waals surface area contributed by atoms with Gasteiger partial charge in [0.15, 0.2) is 12.3 Å². The number of aromatic nitrogens is 3. The van der Waals surface area contributed by atoms with Gasteiger partial charge in [-0.2, -0.15) is 0 Å². The first kappa shape index (κ1) is 19.2. The summed E-state index contributed by atoms with van der Waals surface area (Å²) < 4.78 is 8.55. The topological polar surface area (TPSA) is 135 Å². The number of carbonyl (C=O) groups excluding carboxylic acids is 1. The van der Waals surface area contributed by atoms with Gasteiger partial charge in [-0.3, -0.25) is 28.7 Å². The number of amides is 1. The fourth-order valence-corrected chi connectivity index (χ4v) is 3.70. The molecule has 0 fully saturated rings. The Labute approximate surface area is 179 Å². The number of nitro benzene ring substituents is 1. The molecule has 2 aromatic carbocycles. The van der Waals surface area contributed by atoms with Crippen LogP contribution in [0.5, 0.6) is 5.75 Å². The summed E-state index contributed by atoms with van der Waals surface area (Å²) in [4.78, 5) is 39.8. The van der Waals surface area contributed by atoms with Crippen LogP contribution in [-0.4, -0.2) is 31.4 Å². The summed E-state index contributed by atoms with van der Waals surface area (Å²) in [5.74, 6) is -0.249. The summed E-state index contributed by atoms with van der Waals surface area (Å²) in [6.07, 6.45) is 1.61. The molecule has 0 spiro atoms. The number of hydrogen-bond acceptors (Lipinski definition) is 6. The molecule has 32 heavy (non-hydrogen) atoms. The molecule has 2 N–H and O–H groups in total. The van der Waals surface area contributed by atoms with E-state index < -0.39 is 10.8 Å². The van der Waals surface area contributed by atoms with Crippen LogP contribution in [-0.2, 0) is 4.79 Å². The van der Waals surface area contributed by atoms with Gasteiger partial charge in [0, 0.05) is 22.9 Å². The maximum atomic E-state index is 13.5. The van der Waals surface area contributed by atoms with Crippen LogP contribution in [0, 0.1) is 10.1 Å². The van der Waals surface area contributed by atoms with Crippen LogP contribution in [0.15, 0.2) is 71.7 Å². The molecule has 5 rings (SSSR count). The summed E-state index contributed by atoms with van der Waals surface area (Å²) in [6, 6.07) is 16.2. The van der Waals surface area contributed by atoms with Gasteiger partial charge in [-0.15, -0.1) is 0 Å². The Morgan fingerprint density at radius 3 is 2.47 bits per heavy atom. The van der Waals surface area contributed by atoms with Gasteiger partial charge in [-0.1, -0.05) is 18.2 Å². The second-order valence-electron chi connectivity index (χ2n) is 7.09. The number of nitrogens with two attached hydrogens (primary N) is 1. The quantitative estimate of drug-likeness (QED) is 0.337. The molecular formula is C22H15N5O5. The minimum Gasteiger partial charge on any atom is -0.482 e. The van der Waals surface area contributed by atoms with Crippen molar-refractivity contribution in [2.45, 2.75) is 0 Å². The Bertz CT molecular complexity index is 1600. The molecule has 0 saturated carbocycles. The maximum absolute atomic E-state index is 13.5. The highest BCUT2D eigenvalue weighted by molar-refractivity contribution is 6.04. The number of fused-ring (bicyclic) bond motifs is 5. The Kier molecular flexibility index (Phi) is 4.33. The summed E-state index contributed by atoms with van der Waals surface area (Å²) in [7, 11) is 0. The average molecular weight is 429 g/mol. The minimum atomic E-state index is -0.616. The fraction of sp³-hybridized carbons (Fsp3) is 0.0455. The summed E-state index contributed by atoms with van der Waals surface area (Å²) >= 11 is 0. The number of non-ortho nitro benzene ring substituents is 1. The molecule has 0 aliphatic carbocycles. The largest absolute Gasteiger partial charge is 0.482 e. The Balaban J connectivity index is 1.87. The molecule has 5 aromatic rings. The van der Waals surface area contributed by atoms with E-state index in [9.17, 15) is 19.7 Å². The van der Waals surface area contributed by atoms with E-state index in [1.54, 1.807) is 34.9 Å². The number of nitro groups is 1. The first-order valence-electron chi connectivity index (χ1n) is 9.55. The van der Waals surface area contributed by atoms with Gasteiger partial charge in [0.25, 0.3) is 17.2 Å². The lowest BCUT2D eigenvalue weighted by Gasteiger charge is -2.11. The van der Waals surface area contributed by atoms with Gasteiger partial charge in [-0.05, 0) is 30.3 Å². The molecule has 158 valence electrons. The normalized spacial score (nSPS) is 11.2. The third kappa shape index (κ3) is 3.01. The third-order valence-electron chi connectivity index (χ3n) is 5.09. The van der Waals surface area contributed by atoms with Gasteiger partial charge in [0.1, 0.15) is 16.9 Å². The minimum absolute atomic E-state index is 0.0842. The smallest absolute Gasteiger partial charge is 0.269 e. The van der Waals surface area contributed by atoms with Crippen LogP contribution in [0.2, 0.25) is 0 Å². The predicted molar refractivity (Wildman–Crippen MR) is 117 cm³/mol. The van der Waals surface area contributed by atoms with Crippen molar-refractivity contribution in [1.82, 2.24) is 14.0 Å². The zero-order valence-electron chi connectivity index (χ0n) is 16.5. The lowest BCUT2D eigenvalue weighted by atomic mass is 10.1. The molecule has 0 unspecified atom stereocenters. The van der Waals surface area contributed by atoms with Crippen molar-refractivity contribution in [1.29, 1.82) is 0 Å². The van der Waals surface area contributed by atoms with E-state index in [2.05, 4.69) is 0 Å². The number of rotatable bonds is 5. The zero-order valence-corrected chi connectivity index (χ0v) is 16.5. The monoisotopic (exact) mass is 429 g/mol. The van der Waals surface area contributed by atoms with Crippen LogP contribution in [0.3, 0.4) is 0 Å². The summed E-state index contributed by atoms with van der Waals surface area (Å²) in [6.45, 7) is -0.295. The van der Waals surface area contributed by atoms with Crippen LogP contribution < -0.4 is 16.0 Å². The number of carbonyl (C=O) groups is 1. The number of hydrogen-bond donors (Lipinski definition) is 1. The number of imidazole rings is 1. The highest BCUT2D eigenvalue weighted by Crippen LogP contribution is 2.28. The molecule has 3 aromatic heterocycles. The van der Waals surface area contributed by atoms with E-state index >= 15 is 0 Å². The highest BCUT2D eigenvalue weighted by atomic mass is 16.6. The van der Waals surface area contributed by atoms with Crippen LogP contribution >= 0.6 is 0 Å². The van der Waals surface area contributed by atoms with Crippen molar-refractivity contribution in [2.75, 3.05) is 6.61 Å². The summed E-state index contributed by atoms with van der Waals surface area (Å²) in [5, 5.41) is 12.2. The average Bonchev–Trinajstić information content (AvgIpc) is 3.17. The molecular weight excluding hydrogens is 414 g/mol. The van der Waals surface area contributed by atoms with E-state index in [0.29, 0.717) is 39.0 Å². The predicted octanol–water partition coefficient (Wildman–Crippen LogP) is 2.56. The Morgan fingerprint density at radius 2 is 1.78 bits per heavy atom. The Hall–Kier alpha value is -4.73. The number of nitrogens with zero attached hydrogens (tertiary/aromatic N) is 4. The molecule has 3 heterocycles. The second kappa shape index (κ2) is 7.20. The van der Waals surface area contributed by atoms with Crippen molar-refractivity contribution in [3.8, 4) is 11.4 Å². The Morgan fingerprint density at radius 1 is 1.06 bits per heavy atom. The second-order valence-corrected chi connectivity index (χ2v) is 7.09. The molecule has 0 saturated heterocycles. The first-order valence-corrected chi connectivity index (χ1v) is 9.55. The van der Waals surface area contributed by atoms with Crippen molar-refractivity contribution in [2.24, 2.45) is 5.73 Å². The van der Waals surface area contributed by atoms with Crippen LogP contribution in [0.4, 0.5) is 5.69 Å². The fourth-order valence-electron chi connectivity index (χ4n) is 3.70. The lowest BCUT2D eigenvalue weighted by molar-refractivity contribution is -0.384. The molecule has 0 bridgehead atoms. The molecule has 0 aliphatic heterocycles. The van der Waals surface area contributed by atoms with Gasteiger partial charge in [0.05, 0.1) is 16.8 Å². The van der Waals surface area contributed by atoms with E-state index in [1.807, 2.05) is 12.1 Å². The summed E-state index contributed by atoms with van der Waals surface area (Å²) in [5.41, 5.74) is 6.81. The molecule has 0 aliphatic rings. The third-order valence-corrected chi connectivity index (χ3v) is 5.09. The molecule has 0 atom stereocenters. The van der Waals surface area contributed by atoms with Crippen LogP contribution in [0.25, 0.3) is 33.3 Å². The van der Waals surface area contributed by atoms with E-state index in [1.165, 1.54) is 28.8 Å². The zero-order chi connectivity index (χ0) is 22.4. The van der Waals surface area contributed by atoms with E-state index in [4.69, 9.17) is 15.5 Å². The maximum Gasteiger partial charge on any atom is 0.269 e. The van der Waals surface area contributed by atoms with E-state index in [0.717, 1.165) is 0 Å². The number of primary amides is 1. The number of ether oxygens (including phenoxy) is 1. The lowest BCUT2D eigenvalue weighted by Crippen LogP contribution is -2.20.